The maximum absolute atomic E-state index is 5.04. The van der Waals surface area contributed by atoms with Crippen molar-refractivity contribution in [3.05, 3.63) is 26.3 Å². The van der Waals surface area contributed by atoms with Gasteiger partial charge in [0.25, 0.3) is 0 Å². The smallest absolute Gasteiger partial charge is 0.500 e. The first-order valence-electron chi connectivity index (χ1n) is 2.89. The Morgan fingerprint density at radius 1 is 1.73 bits per heavy atom. The van der Waals surface area contributed by atoms with Crippen LogP contribution in [0.3, 0.4) is 0 Å². The molecule has 0 fully saturated rings. The van der Waals surface area contributed by atoms with Crippen LogP contribution in [0.5, 0.6) is 0 Å². The first kappa shape index (κ1) is 18.2. The van der Waals surface area contributed by atoms with Gasteiger partial charge in [0.2, 0.25) is 0 Å². The summed E-state index contributed by atoms with van der Waals surface area (Å²) in [6.07, 6.45) is 0. The van der Waals surface area contributed by atoms with E-state index in [9.17, 15) is 0 Å². The van der Waals surface area contributed by atoms with Gasteiger partial charge >= 0.3 is 21.1 Å². The second-order valence-corrected chi connectivity index (χ2v) is 1.66. The average Bonchev–Trinajstić information content (AvgIpc) is 1.87. The largest absolute Gasteiger partial charge is 2.00 e. The summed E-state index contributed by atoms with van der Waals surface area (Å²) in [5.74, 6) is 0.632. The van der Waals surface area contributed by atoms with Crippen LogP contribution in [0.1, 0.15) is 6.92 Å². The number of ether oxygens (including phenoxy) is 1. The fourth-order valence-corrected chi connectivity index (χ4v) is 0.400. The summed E-state index contributed by atoms with van der Waals surface area (Å²) in [4.78, 5) is 0. The molecule has 61 valence electrons. The zero-order valence-corrected chi connectivity index (χ0v) is 12.6. The van der Waals surface area contributed by atoms with E-state index in [4.69, 9.17) is 4.74 Å². The molecule has 0 aliphatic rings. The van der Waals surface area contributed by atoms with Crippen molar-refractivity contribution in [1.82, 2.24) is 5.32 Å². The van der Waals surface area contributed by atoms with E-state index in [-0.39, 0.29) is 59.8 Å². The third kappa shape index (κ3) is 9.20. The maximum Gasteiger partial charge on any atom is 2.00 e. The molecular weight excluding hydrogens is 387 g/mol. The van der Waals surface area contributed by atoms with E-state index in [2.05, 4.69) is 25.9 Å². The normalized spacial score (nSPS) is 10.5. The van der Waals surface area contributed by atoms with Crippen LogP contribution < -0.4 is 5.32 Å². The van der Waals surface area contributed by atoms with E-state index >= 15 is 0 Å². The molecule has 1 atom stereocenters. The van der Waals surface area contributed by atoms with Crippen LogP contribution in [0.25, 0.3) is 0 Å². The standard InChI is InChI=1S/C7H13NO.W.Y/c1-5-9-7(3)6(2)8-4;;/h6,8H,2-5H2,1H3;;/q-2;+2;. The van der Waals surface area contributed by atoms with Crippen molar-refractivity contribution in [2.45, 2.75) is 13.0 Å². The summed E-state index contributed by atoms with van der Waals surface area (Å²) < 4.78 is 5.04. The summed E-state index contributed by atoms with van der Waals surface area (Å²) in [7, 11) is 3.44. The molecule has 0 saturated carbocycles. The minimum atomic E-state index is -0.107. The topological polar surface area (TPSA) is 21.3 Å². The summed E-state index contributed by atoms with van der Waals surface area (Å²) in [6, 6.07) is -0.107. The molecule has 0 heterocycles. The van der Waals surface area contributed by atoms with Gasteiger partial charge in [-0.2, -0.15) is 0 Å². The molecule has 0 rings (SSSR count). The molecule has 11 heavy (non-hydrogen) atoms. The monoisotopic (exact) mass is 400 g/mol. The number of hydrogen-bond acceptors (Lipinski definition) is 2. The van der Waals surface area contributed by atoms with Crippen LogP contribution in [-0.4, -0.2) is 12.6 Å². The van der Waals surface area contributed by atoms with E-state index in [1.54, 1.807) is 0 Å². The Morgan fingerprint density at radius 2 is 2.18 bits per heavy atom. The van der Waals surface area contributed by atoms with Gasteiger partial charge in [-0.1, -0.05) is 12.6 Å². The summed E-state index contributed by atoms with van der Waals surface area (Å²) in [5.41, 5.74) is 0. The molecule has 1 N–H and O–H groups in total. The average molecular weight is 400 g/mol. The van der Waals surface area contributed by atoms with Gasteiger partial charge in [0.1, 0.15) is 0 Å². The number of hydrogen-bond donors (Lipinski definition) is 1. The van der Waals surface area contributed by atoms with Gasteiger partial charge in [-0.05, 0) is 6.92 Å². The summed E-state index contributed by atoms with van der Waals surface area (Å²) in [6.45, 7) is 9.84. The minimum Gasteiger partial charge on any atom is -0.500 e. The van der Waals surface area contributed by atoms with Crippen LogP contribution in [0, 0.1) is 14.0 Å². The summed E-state index contributed by atoms with van der Waals surface area (Å²) >= 11 is 0. The quantitative estimate of drug-likeness (QED) is 0.565. The van der Waals surface area contributed by atoms with Crippen molar-refractivity contribution in [3.63, 3.8) is 0 Å². The van der Waals surface area contributed by atoms with Gasteiger partial charge < -0.3 is 17.0 Å². The van der Waals surface area contributed by atoms with Crippen LogP contribution in [0.15, 0.2) is 12.3 Å². The molecule has 0 aliphatic carbocycles. The molecule has 0 amide bonds. The second-order valence-electron chi connectivity index (χ2n) is 1.66. The second kappa shape index (κ2) is 11.3. The maximum atomic E-state index is 5.04. The van der Waals surface area contributed by atoms with Crippen molar-refractivity contribution >= 4 is 0 Å². The van der Waals surface area contributed by atoms with Gasteiger partial charge in [-0.25, -0.2) is 0 Å². The van der Waals surface area contributed by atoms with Gasteiger partial charge in [-0.3, -0.25) is 7.05 Å². The van der Waals surface area contributed by atoms with Gasteiger partial charge in [0, 0.05) is 32.7 Å². The van der Waals surface area contributed by atoms with Gasteiger partial charge in [0.05, 0.1) is 12.4 Å². The Kier molecular flexibility index (Phi) is 18.6. The fourth-order valence-electron chi connectivity index (χ4n) is 0.400. The van der Waals surface area contributed by atoms with Crippen LogP contribution in [0.2, 0.25) is 0 Å². The number of rotatable bonds is 4. The Morgan fingerprint density at radius 3 is 2.45 bits per heavy atom. The van der Waals surface area contributed by atoms with Crippen LogP contribution >= 0.6 is 0 Å². The Bertz CT molecular complexity index is 100. The Balaban J connectivity index is -0.000000320. The van der Waals surface area contributed by atoms with E-state index < -0.39 is 0 Å². The molecule has 1 radical (unpaired) electrons. The molecule has 0 aromatic heterocycles. The molecule has 4 heteroatoms. The van der Waals surface area contributed by atoms with E-state index in [1.165, 1.54) is 0 Å². The molecule has 0 aromatic carbocycles. The molecule has 2 nitrogen and oxygen atoms in total. The van der Waals surface area contributed by atoms with E-state index in [0.29, 0.717) is 12.4 Å². The van der Waals surface area contributed by atoms with Gasteiger partial charge in [0.15, 0.2) is 0 Å². The number of nitrogens with one attached hydrogen (secondary N) is 1. The van der Waals surface area contributed by atoms with E-state index in [0.717, 1.165) is 0 Å². The van der Waals surface area contributed by atoms with Crippen LogP contribution in [-0.2, 0) is 58.5 Å². The molecular formula is C7H13NOWY. The molecule has 1 unspecified atom stereocenters. The first-order valence-corrected chi connectivity index (χ1v) is 2.89. The third-order valence-corrected chi connectivity index (χ3v) is 0.965. The molecule has 0 bridgehead atoms. The fraction of sp³-hybridized carbons (Fsp3) is 0.429. The van der Waals surface area contributed by atoms with Crippen molar-refractivity contribution < 1.29 is 58.5 Å². The van der Waals surface area contributed by atoms with Crippen molar-refractivity contribution in [2.24, 2.45) is 0 Å². The Labute approximate surface area is 109 Å². The predicted octanol–water partition coefficient (Wildman–Crippen LogP) is 1.12. The first-order chi connectivity index (χ1) is 4.22. The molecule has 0 aliphatic heterocycles. The SMILES string of the molecule is C=C(OCC)C([CH2-])N[CH2-].[W+2].[Y]. The Hall–Kier alpha value is 1.29. The van der Waals surface area contributed by atoms with E-state index in [1.807, 2.05) is 6.92 Å². The van der Waals surface area contributed by atoms with Gasteiger partial charge in [-0.15, -0.1) is 0 Å². The zero-order valence-electron chi connectivity index (χ0n) is 6.80. The molecule has 0 spiro atoms. The van der Waals surface area contributed by atoms with Crippen molar-refractivity contribution in [2.75, 3.05) is 6.61 Å². The van der Waals surface area contributed by atoms with Crippen LogP contribution in [0.4, 0.5) is 0 Å². The molecule has 0 saturated heterocycles. The minimum absolute atomic E-state index is 0. The van der Waals surface area contributed by atoms with Crippen molar-refractivity contribution in [1.29, 1.82) is 0 Å². The molecule has 0 aromatic rings. The summed E-state index contributed by atoms with van der Waals surface area (Å²) in [5, 5.41) is 2.66. The zero-order chi connectivity index (χ0) is 7.28. The predicted molar refractivity (Wildman–Crippen MR) is 38.4 cm³/mol. The van der Waals surface area contributed by atoms with Crippen molar-refractivity contribution in [3.8, 4) is 0 Å². The third-order valence-electron chi connectivity index (χ3n) is 0.965.